The van der Waals surface area contributed by atoms with Crippen LogP contribution in [0.2, 0.25) is 0 Å². The van der Waals surface area contributed by atoms with Crippen molar-refractivity contribution in [1.29, 1.82) is 0 Å². The van der Waals surface area contributed by atoms with E-state index in [1.54, 1.807) is 0 Å². The van der Waals surface area contributed by atoms with Crippen LogP contribution in [0.1, 0.15) is 41.4 Å². The second kappa shape index (κ2) is 8.19. The van der Waals surface area contributed by atoms with Gasteiger partial charge in [0.15, 0.2) is 0 Å². The number of piperidine rings is 1. The van der Waals surface area contributed by atoms with Crippen molar-refractivity contribution in [2.75, 3.05) is 33.7 Å². The highest BCUT2D eigenvalue weighted by atomic mass is 16.2. The number of nitrogens with zero attached hydrogens (tertiary/aromatic N) is 4. The van der Waals surface area contributed by atoms with E-state index >= 15 is 0 Å². The molecule has 3 aromatic rings. The van der Waals surface area contributed by atoms with Crippen LogP contribution in [0.15, 0.2) is 42.9 Å². The summed E-state index contributed by atoms with van der Waals surface area (Å²) in [7, 11) is 4.20. The number of aryl methyl sites for hydroxylation is 1. The summed E-state index contributed by atoms with van der Waals surface area (Å²) in [5.41, 5.74) is 1.76. The van der Waals surface area contributed by atoms with Gasteiger partial charge in [-0.2, -0.15) is 0 Å². The lowest BCUT2D eigenvalue weighted by molar-refractivity contribution is 0.0703. The fourth-order valence-electron chi connectivity index (χ4n) is 4.16. The first kappa shape index (κ1) is 18.7. The number of amides is 1. The molecule has 1 amide bonds. The standard InChI is InChI=1S/C22H29N5O/c1-25(2)11-4-13-26-14-10-24-21(26)19-5-3-12-27(16-19)22(28)18-7-6-17-8-9-23-20(17)15-18/h6-10,14-15,19,23H,3-5,11-13,16H2,1-2H3/t19-/m1/s1. The van der Waals surface area contributed by atoms with Gasteiger partial charge in [-0.15, -0.1) is 0 Å². The summed E-state index contributed by atoms with van der Waals surface area (Å²) in [6.07, 6.45) is 9.08. The summed E-state index contributed by atoms with van der Waals surface area (Å²) >= 11 is 0. The molecular weight excluding hydrogens is 350 g/mol. The number of aromatic nitrogens is 3. The minimum absolute atomic E-state index is 0.118. The number of nitrogens with one attached hydrogen (secondary N) is 1. The van der Waals surface area contributed by atoms with E-state index in [-0.39, 0.29) is 5.91 Å². The lowest BCUT2D eigenvalue weighted by Crippen LogP contribution is -2.39. The van der Waals surface area contributed by atoms with Gasteiger partial charge in [-0.3, -0.25) is 4.79 Å². The number of carbonyl (C=O) groups excluding carboxylic acids is 1. The van der Waals surface area contributed by atoms with Crippen molar-refractivity contribution < 1.29 is 4.79 Å². The van der Waals surface area contributed by atoms with Crippen LogP contribution in [0, 0.1) is 0 Å². The second-order valence-electron chi connectivity index (χ2n) is 8.01. The quantitative estimate of drug-likeness (QED) is 0.715. The van der Waals surface area contributed by atoms with Crippen LogP contribution in [0.5, 0.6) is 0 Å². The number of benzene rings is 1. The van der Waals surface area contributed by atoms with E-state index in [1.807, 2.05) is 41.6 Å². The number of hydrogen-bond acceptors (Lipinski definition) is 3. The van der Waals surface area contributed by atoms with Gasteiger partial charge < -0.3 is 19.4 Å². The monoisotopic (exact) mass is 379 g/mol. The fraction of sp³-hybridized carbons (Fsp3) is 0.455. The van der Waals surface area contributed by atoms with Gasteiger partial charge in [0.25, 0.3) is 5.91 Å². The highest BCUT2D eigenvalue weighted by Crippen LogP contribution is 2.27. The van der Waals surface area contributed by atoms with E-state index in [4.69, 9.17) is 0 Å². The van der Waals surface area contributed by atoms with Crippen molar-refractivity contribution >= 4 is 16.8 Å². The Labute approximate surface area is 166 Å². The molecule has 4 rings (SSSR count). The topological polar surface area (TPSA) is 57.2 Å². The van der Waals surface area contributed by atoms with Crippen LogP contribution in [0.4, 0.5) is 0 Å². The van der Waals surface area contributed by atoms with Crippen LogP contribution in [0.3, 0.4) is 0 Å². The lowest BCUT2D eigenvalue weighted by atomic mass is 9.96. The molecule has 6 nitrogen and oxygen atoms in total. The number of hydrogen-bond donors (Lipinski definition) is 1. The number of imidazole rings is 1. The van der Waals surface area contributed by atoms with Gasteiger partial charge in [0.05, 0.1) is 0 Å². The number of rotatable bonds is 6. The molecular formula is C22H29N5O. The Kier molecular flexibility index (Phi) is 5.48. The first-order chi connectivity index (χ1) is 13.6. The maximum absolute atomic E-state index is 13.1. The van der Waals surface area contributed by atoms with E-state index in [9.17, 15) is 4.79 Å². The van der Waals surface area contributed by atoms with Gasteiger partial charge in [-0.25, -0.2) is 4.98 Å². The average Bonchev–Trinajstić information content (AvgIpc) is 3.36. The first-order valence-electron chi connectivity index (χ1n) is 10.1. The third kappa shape index (κ3) is 3.97. The summed E-state index contributed by atoms with van der Waals surface area (Å²) in [6.45, 7) is 3.60. The lowest BCUT2D eigenvalue weighted by Gasteiger charge is -2.33. The normalized spacial score (nSPS) is 17.5. The van der Waals surface area contributed by atoms with Crippen molar-refractivity contribution in [1.82, 2.24) is 24.3 Å². The first-order valence-corrected chi connectivity index (χ1v) is 10.1. The highest BCUT2D eigenvalue weighted by molar-refractivity contribution is 5.98. The largest absolute Gasteiger partial charge is 0.361 e. The fourth-order valence-corrected chi connectivity index (χ4v) is 4.16. The molecule has 0 unspecified atom stereocenters. The third-order valence-electron chi connectivity index (χ3n) is 5.63. The Hall–Kier alpha value is -2.60. The van der Waals surface area contributed by atoms with E-state index in [2.05, 4.69) is 39.7 Å². The van der Waals surface area contributed by atoms with Gasteiger partial charge in [0.2, 0.25) is 0 Å². The van der Waals surface area contributed by atoms with E-state index in [1.165, 1.54) is 0 Å². The van der Waals surface area contributed by atoms with Gasteiger partial charge >= 0.3 is 0 Å². The zero-order valence-electron chi connectivity index (χ0n) is 16.8. The highest BCUT2D eigenvalue weighted by Gasteiger charge is 2.28. The molecule has 0 aliphatic carbocycles. The molecule has 1 N–H and O–H groups in total. The molecule has 1 atom stereocenters. The molecule has 0 bridgehead atoms. The molecule has 1 saturated heterocycles. The predicted octanol–water partition coefficient (Wildman–Crippen LogP) is 3.34. The molecule has 3 heterocycles. The van der Waals surface area contributed by atoms with Crippen LogP contribution < -0.4 is 0 Å². The van der Waals surface area contributed by atoms with E-state index in [0.29, 0.717) is 5.92 Å². The zero-order chi connectivity index (χ0) is 19.5. The number of likely N-dealkylation sites (tertiary alicyclic amines) is 1. The minimum atomic E-state index is 0.118. The van der Waals surface area contributed by atoms with Gasteiger partial charge in [0.1, 0.15) is 5.82 Å². The summed E-state index contributed by atoms with van der Waals surface area (Å²) in [5.74, 6) is 1.55. The number of fused-ring (bicyclic) bond motifs is 1. The van der Waals surface area contributed by atoms with Crippen molar-refractivity contribution in [2.45, 2.75) is 31.7 Å². The van der Waals surface area contributed by atoms with Crippen molar-refractivity contribution in [3.05, 3.63) is 54.2 Å². The molecule has 1 aromatic carbocycles. The van der Waals surface area contributed by atoms with Gasteiger partial charge in [-0.05, 0) is 63.5 Å². The zero-order valence-corrected chi connectivity index (χ0v) is 16.8. The molecule has 1 aliphatic rings. The summed E-state index contributed by atoms with van der Waals surface area (Å²) in [6, 6.07) is 7.93. The Bertz CT molecular complexity index is 941. The van der Waals surface area contributed by atoms with Crippen LogP contribution in [-0.2, 0) is 6.54 Å². The van der Waals surface area contributed by atoms with Gasteiger partial charge in [0, 0.05) is 55.2 Å². The summed E-state index contributed by atoms with van der Waals surface area (Å²) < 4.78 is 2.27. The molecule has 1 fully saturated rings. The molecule has 0 radical (unpaired) electrons. The van der Waals surface area contributed by atoms with Crippen LogP contribution in [-0.4, -0.2) is 64.0 Å². The number of H-pyrrole nitrogens is 1. The second-order valence-corrected chi connectivity index (χ2v) is 8.01. The SMILES string of the molecule is CN(C)CCCn1ccnc1[C@@H]1CCCN(C(=O)c2ccc3cc[nH]c3c2)C1. The summed E-state index contributed by atoms with van der Waals surface area (Å²) in [4.78, 5) is 25.1. The van der Waals surface area contributed by atoms with Crippen molar-refractivity contribution in [2.24, 2.45) is 0 Å². The smallest absolute Gasteiger partial charge is 0.253 e. The molecule has 0 saturated carbocycles. The Balaban J connectivity index is 1.45. The molecule has 28 heavy (non-hydrogen) atoms. The van der Waals surface area contributed by atoms with Crippen molar-refractivity contribution in [3.8, 4) is 0 Å². The third-order valence-corrected chi connectivity index (χ3v) is 5.63. The Morgan fingerprint density at radius 1 is 1.32 bits per heavy atom. The average molecular weight is 380 g/mol. The van der Waals surface area contributed by atoms with Crippen LogP contribution in [0.25, 0.3) is 10.9 Å². The molecule has 148 valence electrons. The summed E-state index contributed by atoms with van der Waals surface area (Å²) in [5, 5.41) is 1.13. The van der Waals surface area contributed by atoms with E-state index in [0.717, 1.165) is 67.7 Å². The Morgan fingerprint density at radius 2 is 2.21 bits per heavy atom. The molecule has 2 aromatic heterocycles. The predicted molar refractivity (Wildman–Crippen MR) is 112 cm³/mol. The number of carbonyl (C=O) groups is 1. The maximum Gasteiger partial charge on any atom is 0.253 e. The molecule has 1 aliphatic heterocycles. The number of aromatic amines is 1. The minimum Gasteiger partial charge on any atom is -0.361 e. The molecule has 0 spiro atoms. The Morgan fingerprint density at radius 3 is 3.07 bits per heavy atom. The maximum atomic E-state index is 13.1. The van der Waals surface area contributed by atoms with Crippen molar-refractivity contribution in [3.63, 3.8) is 0 Å². The molecule has 6 heteroatoms. The van der Waals surface area contributed by atoms with Crippen LogP contribution >= 0.6 is 0 Å². The van der Waals surface area contributed by atoms with Gasteiger partial charge in [-0.1, -0.05) is 6.07 Å². The van der Waals surface area contributed by atoms with E-state index < -0.39 is 0 Å².